The molecule has 1 aromatic carbocycles. The molecule has 82 valence electrons. The number of hydrogen-bond donors (Lipinski definition) is 1. The average molecular weight is 225 g/mol. The number of nitrogens with two attached hydrogens (primary N) is 1. The zero-order valence-electron chi connectivity index (χ0n) is 8.99. The van der Waals surface area contributed by atoms with Gasteiger partial charge in [-0.25, -0.2) is 0 Å². The molecule has 0 saturated carbocycles. The van der Waals surface area contributed by atoms with Gasteiger partial charge in [-0.2, -0.15) is 0 Å². The number of nitrogens with zero attached hydrogens (tertiary/aromatic N) is 1. The van der Waals surface area contributed by atoms with E-state index in [4.69, 9.17) is 17.3 Å². The Kier molecular flexibility index (Phi) is 5.40. The van der Waals surface area contributed by atoms with Crippen LogP contribution in [0.4, 0.5) is 0 Å². The lowest BCUT2D eigenvalue weighted by Crippen LogP contribution is -2.17. The Morgan fingerprint density at radius 1 is 1.27 bits per heavy atom. The van der Waals surface area contributed by atoms with E-state index in [1.54, 1.807) is 0 Å². The summed E-state index contributed by atoms with van der Waals surface area (Å²) in [4.78, 5) is 2.22. The van der Waals surface area contributed by atoms with Crippen LogP contribution in [0.15, 0.2) is 36.4 Å². The van der Waals surface area contributed by atoms with Crippen molar-refractivity contribution < 1.29 is 0 Å². The van der Waals surface area contributed by atoms with Gasteiger partial charge in [0, 0.05) is 24.7 Å². The largest absolute Gasteiger partial charge is 0.327 e. The minimum Gasteiger partial charge on any atom is -0.327 e. The zero-order chi connectivity index (χ0) is 11.1. The Labute approximate surface area is 96.3 Å². The van der Waals surface area contributed by atoms with Crippen molar-refractivity contribution in [2.45, 2.75) is 6.54 Å². The van der Waals surface area contributed by atoms with E-state index in [1.807, 2.05) is 30.3 Å². The quantitative estimate of drug-likeness (QED) is 0.778. The van der Waals surface area contributed by atoms with Gasteiger partial charge in [-0.1, -0.05) is 35.9 Å². The van der Waals surface area contributed by atoms with Crippen molar-refractivity contribution in [3.8, 4) is 0 Å². The van der Waals surface area contributed by atoms with Gasteiger partial charge in [0.05, 0.1) is 0 Å². The molecule has 0 unspecified atom stereocenters. The second-order valence-corrected chi connectivity index (χ2v) is 3.97. The van der Waals surface area contributed by atoms with Crippen LogP contribution in [0.1, 0.15) is 5.56 Å². The summed E-state index contributed by atoms with van der Waals surface area (Å²) >= 11 is 5.81. The zero-order valence-corrected chi connectivity index (χ0v) is 9.74. The molecule has 1 rings (SSSR count). The molecular weight excluding hydrogens is 208 g/mol. The average Bonchev–Trinajstić information content (AvgIpc) is 2.22. The maximum atomic E-state index is 5.81. The molecule has 0 radical (unpaired) electrons. The summed E-state index contributed by atoms with van der Waals surface area (Å²) in [6.45, 7) is 2.45. The highest BCUT2D eigenvalue weighted by Gasteiger charge is 1.97. The van der Waals surface area contributed by atoms with E-state index in [-0.39, 0.29) is 0 Å². The number of benzene rings is 1. The van der Waals surface area contributed by atoms with Crippen molar-refractivity contribution >= 4 is 11.6 Å². The van der Waals surface area contributed by atoms with Gasteiger partial charge in [0.1, 0.15) is 0 Å². The first-order chi connectivity index (χ1) is 7.22. The number of likely N-dealkylation sites (N-methyl/N-ethyl adjacent to an activating group) is 1. The SMILES string of the molecule is CN(CC=CCN)Cc1ccc(Cl)cc1. The van der Waals surface area contributed by atoms with E-state index in [1.165, 1.54) is 5.56 Å². The van der Waals surface area contributed by atoms with Crippen molar-refractivity contribution in [3.63, 3.8) is 0 Å². The molecule has 2 N–H and O–H groups in total. The van der Waals surface area contributed by atoms with Crippen LogP contribution in [-0.4, -0.2) is 25.0 Å². The molecule has 0 spiro atoms. The monoisotopic (exact) mass is 224 g/mol. The molecule has 0 aromatic heterocycles. The Bertz CT molecular complexity index is 306. The van der Waals surface area contributed by atoms with Crippen LogP contribution in [-0.2, 0) is 6.54 Å². The minimum atomic E-state index is 0.606. The van der Waals surface area contributed by atoms with Crippen LogP contribution < -0.4 is 5.73 Å². The molecule has 0 aliphatic rings. The Balaban J connectivity index is 2.40. The molecule has 0 aliphatic carbocycles. The molecule has 0 heterocycles. The van der Waals surface area contributed by atoms with Crippen LogP contribution >= 0.6 is 11.6 Å². The highest BCUT2D eigenvalue weighted by molar-refractivity contribution is 6.30. The van der Waals surface area contributed by atoms with E-state index in [2.05, 4.69) is 18.0 Å². The van der Waals surface area contributed by atoms with Gasteiger partial charge in [-0.15, -0.1) is 0 Å². The van der Waals surface area contributed by atoms with Crippen molar-refractivity contribution in [3.05, 3.63) is 47.0 Å². The van der Waals surface area contributed by atoms with Crippen LogP contribution in [0, 0.1) is 0 Å². The van der Waals surface area contributed by atoms with E-state index in [0.29, 0.717) is 6.54 Å². The summed E-state index contributed by atoms with van der Waals surface area (Å²) in [6.07, 6.45) is 4.05. The molecule has 0 saturated heterocycles. The maximum Gasteiger partial charge on any atom is 0.0406 e. The predicted octanol–water partition coefficient (Wildman–Crippen LogP) is 2.29. The summed E-state index contributed by atoms with van der Waals surface area (Å²) in [6, 6.07) is 7.93. The van der Waals surface area contributed by atoms with E-state index in [0.717, 1.165) is 18.1 Å². The second-order valence-electron chi connectivity index (χ2n) is 3.53. The van der Waals surface area contributed by atoms with E-state index in [9.17, 15) is 0 Å². The molecule has 1 aromatic rings. The summed E-state index contributed by atoms with van der Waals surface area (Å²) < 4.78 is 0. The Morgan fingerprint density at radius 2 is 1.93 bits per heavy atom. The lowest BCUT2D eigenvalue weighted by molar-refractivity contribution is 0.363. The van der Waals surface area contributed by atoms with Crippen LogP contribution in [0.5, 0.6) is 0 Å². The molecule has 0 atom stereocenters. The molecule has 3 heteroatoms. The summed E-state index contributed by atoms with van der Waals surface area (Å²) in [5, 5.41) is 0.782. The van der Waals surface area contributed by atoms with Crippen LogP contribution in [0.25, 0.3) is 0 Å². The third-order valence-electron chi connectivity index (χ3n) is 2.09. The van der Waals surface area contributed by atoms with Crippen molar-refractivity contribution in [2.24, 2.45) is 5.73 Å². The normalized spacial score (nSPS) is 11.5. The molecule has 0 amide bonds. The molecule has 15 heavy (non-hydrogen) atoms. The fourth-order valence-electron chi connectivity index (χ4n) is 1.32. The van der Waals surface area contributed by atoms with Crippen LogP contribution in [0.2, 0.25) is 5.02 Å². The third kappa shape index (κ3) is 4.98. The number of rotatable bonds is 5. The minimum absolute atomic E-state index is 0.606. The first-order valence-electron chi connectivity index (χ1n) is 5.00. The molecule has 0 aliphatic heterocycles. The van der Waals surface area contributed by atoms with Crippen molar-refractivity contribution in [1.82, 2.24) is 4.90 Å². The lowest BCUT2D eigenvalue weighted by Gasteiger charge is -2.14. The fraction of sp³-hybridized carbons (Fsp3) is 0.333. The van der Waals surface area contributed by atoms with Gasteiger partial charge in [-0.05, 0) is 24.7 Å². The second kappa shape index (κ2) is 6.62. The van der Waals surface area contributed by atoms with Crippen molar-refractivity contribution in [1.29, 1.82) is 0 Å². The molecular formula is C12H17ClN2. The fourth-order valence-corrected chi connectivity index (χ4v) is 1.44. The van der Waals surface area contributed by atoms with Gasteiger partial charge in [0.25, 0.3) is 0 Å². The van der Waals surface area contributed by atoms with E-state index < -0.39 is 0 Å². The summed E-state index contributed by atoms with van der Waals surface area (Å²) in [7, 11) is 2.08. The van der Waals surface area contributed by atoms with Gasteiger partial charge in [0.2, 0.25) is 0 Å². The summed E-state index contributed by atoms with van der Waals surface area (Å²) in [5.41, 5.74) is 6.63. The highest BCUT2D eigenvalue weighted by Crippen LogP contribution is 2.10. The number of hydrogen-bond acceptors (Lipinski definition) is 2. The highest BCUT2D eigenvalue weighted by atomic mass is 35.5. The standard InChI is InChI=1S/C12H17ClN2/c1-15(9-3-2-8-14)10-11-4-6-12(13)7-5-11/h2-7H,8-10,14H2,1H3. The smallest absolute Gasteiger partial charge is 0.0406 e. The van der Waals surface area contributed by atoms with Gasteiger partial charge in [-0.3, -0.25) is 4.90 Å². The maximum absolute atomic E-state index is 5.81. The molecule has 2 nitrogen and oxygen atoms in total. The van der Waals surface area contributed by atoms with Gasteiger partial charge >= 0.3 is 0 Å². The van der Waals surface area contributed by atoms with Crippen molar-refractivity contribution in [2.75, 3.05) is 20.1 Å². The Hall–Kier alpha value is -0.830. The third-order valence-corrected chi connectivity index (χ3v) is 2.34. The lowest BCUT2D eigenvalue weighted by atomic mass is 10.2. The number of halogens is 1. The molecule has 0 fully saturated rings. The van der Waals surface area contributed by atoms with Crippen LogP contribution in [0.3, 0.4) is 0 Å². The first kappa shape index (κ1) is 12.2. The van der Waals surface area contributed by atoms with E-state index >= 15 is 0 Å². The van der Waals surface area contributed by atoms with Gasteiger partial charge < -0.3 is 5.73 Å². The Morgan fingerprint density at radius 3 is 2.53 bits per heavy atom. The summed E-state index contributed by atoms with van der Waals surface area (Å²) in [5.74, 6) is 0. The predicted molar refractivity (Wildman–Crippen MR) is 66.0 cm³/mol. The molecule has 0 bridgehead atoms. The van der Waals surface area contributed by atoms with Gasteiger partial charge in [0.15, 0.2) is 0 Å². The first-order valence-corrected chi connectivity index (χ1v) is 5.38. The topological polar surface area (TPSA) is 29.3 Å².